The molecule has 13 nitrogen and oxygen atoms in total. The maximum atomic E-state index is 13.3. The Morgan fingerprint density at radius 2 is 0.809 bits per heavy atom. The minimum atomic E-state index is -0.695. The minimum Gasteiger partial charge on any atom is -0.445 e. The van der Waals surface area contributed by atoms with Crippen LogP contribution in [-0.2, 0) is 34.0 Å². The zero-order valence-corrected chi connectivity index (χ0v) is 26.4. The van der Waals surface area contributed by atoms with E-state index >= 15 is 0 Å². The maximum Gasteiger partial charge on any atom is 0.410 e. The predicted molar refractivity (Wildman–Crippen MR) is 174 cm³/mol. The van der Waals surface area contributed by atoms with Crippen molar-refractivity contribution in [2.45, 2.75) is 19.8 Å². The average molecular weight is 647 g/mol. The summed E-state index contributed by atoms with van der Waals surface area (Å²) in [7, 11) is 0. The van der Waals surface area contributed by atoms with Crippen LogP contribution in [0.4, 0.5) is 19.2 Å². The van der Waals surface area contributed by atoms with Crippen molar-refractivity contribution in [1.29, 1.82) is 0 Å². The molecule has 0 saturated carbocycles. The Morgan fingerprint density at radius 1 is 0.511 bits per heavy atom. The lowest BCUT2D eigenvalue weighted by atomic mass is 10.2. The fourth-order valence-electron chi connectivity index (χ4n) is 4.78. The summed E-state index contributed by atoms with van der Waals surface area (Å²) in [5, 5.41) is 2.58. The molecule has 1 heterocycles. The zero-order chi connectivity index (χ0) is 33.3. The summed E-state index contributed by atoms with van der Waals surface area (Å²) in [4.78, 5) is 57.8. The Morgan fingerprint density at radius 3 is 1.11 bits per heavy atom. The summed E-state index contributed by atoms with van der Waals surface area (Å²) in [6.45, 7) is 1.99. The molecule has 3 aromatic carbocycles. The van der Waals surface area contributed by atoms with E-state index in [1.165, 1.54) is 14.7 Å². The van der Waals surface area contributed by atoms with Gasteiger partial charge >= 0.3 is 24.3 Å². The third-order valence-corrected chi connectivity index (χ3v) is 7.52. The van der Waals surface area contributed by atoms with Crippen LogP contribution < -0.4 is 11.1 Å². The van der Waals surface area contributed by atoms with Crippen molar-refractivity contribution in [1.82, 2.24) is 24.9 Å². The number of ether oxygens (including phenoxy) is 3. The van der Waals surface area contributed by atoms with E-state index in [4.69, 9.17) is 19.9 Å². The van der Waals surface area contributed by atoms with Crippen LogP contribution in [0.5, 0.6) is 0 Å². The summed E-state index contributed by atoms with van der Waals surface area (Å²) in [6.07, 6.45) is -1.66. The second-order valence-corrected chi connectivity index (χ2v) is 10.9. The molecular weight excluding hydrogens is 604 g/mol. The van der Waals surface area contributed by atoms with E-state index < -0.39 is 24.3 Å². The molecule has 1 aliphatic heterocycles. The van der Waals surface area contributed by atoms with Gasteiger partial charge in [0.2, 0.25) is 0 Å². The van der Waals surface area contributed by atoms with Crippen molar-refractivity contribution in [2.75, 3.05) is 59.0 Å². The highest BCUT2D eigenvalue weighted by atomic mass is 16.6. The fourth-order valence-corrected chi connectivity index (χ4v) is 4.78. The summed E-state index contributed by atoms with van der Waals surface area (Å²) >= 11 is 0. The van der Waals surface area contributed by atoms with Gasteiger partial charge in [0, 0.05) is 52.4 Å². The Kier molecular flexibility index (Phi) is 13.7. The highest BCUT2D eigenvalue weighted by molar-refractivity contribution is 5.71. The lowest BCUT2D eigenvalue weighted by molar-refractivity contribution is 0.0612. The Hall–Kier alpha value is -5.30. The van der Waals surface area contributed by atoms with Crippen molar-refractivity contribution in [2.24, 2.45) is 5.73 Å². The van der Waals surface area contributed by atoms with Crippen molar-refractivity contribution in [3.63, 3.8) is 0 Å². The third-order valence-electron chi connectivity index (χ3n) is 7.52. The normalized spacial score (nSPS) is 14.7. The molecule has 0 bridgehead atoms. The molecule has 4 rings (SSSR count). The molecule has 1 aliphatic rings. The van der Waals surface area contributed by atoms with Gasteiger partial charge in [0.25, 0.3) is 0 Å². The van der Waals surface area contributed by atoms with Gasteiger partial charge in [-0.1, -0.05) is 91.0 Å². The largest absolute Gasteiger partial charge is 0.445 e. The molecule has 0 unspecified atom stereocenters. The van der Waals surface area contributed by atoms with Crippen molar-refractivity contribution >= 4 is 24.3 Å². The zero-order valence-electron chi connectivity index (χ0n) is 26.4. The monoisotopic (exact) mass is 646 g/mol. The first-order valence-corrected chi connectivity index (χ1v) is 15.5. The highest BCUT2D eigenvalue weighted by Crippen LogP contribution is 2.10. The quantitative estimate of drug-likeness (QED) is 0.351. The first-order valence-electron chi connectivity index (χ1n) is 15.5. The van der Waals surface area contributed by atoms with Gasteiger partial charge < -0.3 is 40.0 Å². The number of benzene rings is 3. The number of hydrogen-bond acceptors (Lipinski definition) is 8. The SMILES string of the molecule is NC(=O)NCN1CCN(C(=O)OCc2ccccc2)CCN(C(=O)OCc2ccccc2)CCN(C(=O)OCc2ccccc2)CC1. The van der Waals surface area contributed by atoms with Crippen LogP contribution in [0, 0.1) is 0 Å². The smallest absolute Gasteiger partial charge is 0.410 e. The van der Waals surface area contributed by atoms with Gasteiger partial charge in [0.05, 0.1) is 6.67 Å². The van der Waals surface area contributed by atoms with Crippen molar-refractivity contribution < 1.29 is 33.4 Å². The van der Waals surface area contributed by atoms with Gasteiger partial charge in [-0.25, -0.2) is 19.2 Å². The number of nitrogens with one attached hydrogen (secondary N) is 1. The molecule has 0 spiro atoms. The number of hydrogen-bond donors (Lipinski definition) is 2. The molecule has 250 valence electrons. The second-order valence-electron chi connectivity index (χ2n) is 10.9. The van der Waals surface area contributed by atoms with E-state index in [1.54, 1.807) is 0 Å². The van der Waals surface area contributed by atoms with Crippen LogP contribution in [0.3, 0.4) is 0 Å². The standard InChI is InChI=1S/C34H42N6O7/c35-31(41)36-27-37-16-18-38(32(42)45-24-28-10-4-1-5-11-28)20-22-40(34(44)47-26-30-14-8-3-9-15-30)23-21-39(19-17-37)33(43)46-25-29-12-6-2-7-13-29/h1-15H,16-27H2,(H3,35,36,41). The summed E-state index contributed by atoms with van der Waals surface area (Å²) in [5.41, 5.74) is 7.84. The molecule has 5 amide bonds. The van der Waals surface area contributed by atoms with Gasteiger partial charge in [-0.15, -0.1) is 0 Å². The number of rotatable bonds is 8. The third kappa shape index (κ3) is 12.2. The number of nitrogens with zero attached hydrogens (tertiary/aromatic N) is 4. The molecule has 0 aliphatic carbocycles. The maximum absolute atomic E-state index is 13.3. The highest BCUT2D eigenvalue weighted by Gasteiger charge is 2.25. The number of urea groups is 1. The molecular formula is C34H42N6O7. The number of nitrogens with two attached hydrogens (primary N) is 1. The summed E-state index contributed by atoms with van der Waals surface area (Å²) < 4.78 is 16.8. The number of primary amides is 1. The predicted octanol–water partition coefficient (Wildman–Crippen LogP) is 3.84. The molecule has 47 heavy (non-hydrogen) atoms. The van der Waals surface area contributed by atoms with Crippen LogP contribution in [0.25, 0.3) is 0 Å². The topological polar surface area (TPSA) is 147 Å². The molecule has 0 radical (unpaired) electrons. The van der Waals surface area contributed by atoms with Crippen LogP contribution in [-0.4, -0.2) is 103 Å². The Labute approximate surface area is 274 Å². The van der Waals surface area contributed by atoms with Crippen LogP contribution in [0.2, 0.25) is 0 Å². The van der Waals surface area contributed by atoms with E-state index in [0.29, 0.717) is 13.1 Å². The average Bonchev–Trinajstić information content (AvgIpc) is 3.09. The van der Waals surface area contributed by atoms with Crippen LogP contribution >= 0.6 is 0 Å². The van der Waals surface area contributed by atoms with E-state index in [1.807, 2.05) is 95.9 Å². The minimum absolute atomic E-state index is 0.0731. The molecule has 13 heteroatoms. The van der Waals surface area contributed by atoms with Gasteiger partial charge in [0.15, 0.2) is 0 Å². The lowest BCUT2D eigenvalue weighted by Crippen LogP contribution is -2.51. The molecule has 0 atom stereocenters. The van der Waals surface area contributed by atoms with Crippen LogP contribution in [0.15, 0.2) is 91.0 Å². The van der Waals surface area contributed by atoms with Gasteiger partial charge in [-0.05, 0) is 16.7 Å². The molecule has 1 saturated heterocycles. The van der Waals surface area contributed by atoms with Gasteiger partial charge in [0.1, 0.15) is 19.8 Å². The second kappa shape index (κ2) is 18.6. The van der Waals surface area contributed by atoms with E-state index in [-0.39, 0.29) is 65.8 Å². The molecule has 3 N–H and O–H groups in total. The molecule has 3 aromatic rings. The molecule has 1 fully saturated rings. The van der Waals surface area contributed by atoms with Crippen molar-refractivity contribution in [3.8, 4) is 0 Å². The Balaban J connectivity index is 1.49. The van der Waals surface area contributed by atoms with Crippen LogP contribution in [0.1, 0.15) is 16.7 Å². The first kappa shape index (κ1) is 34.6. The van der Waals surface area contributed by atoms with E-state index in [0.717, 1.165) is 16.7 Å². The fraction of sp³-hybridized carbons (Fsp3) is 0.353. The number of amides is 5. The number of carbonyl (C=O) groups excluding carboxylic acids is 4. The molecule has 0 aromatic heterocycles. The summed E-state index contributed by atoms with van der Waals surface area (Å²) in [6, 6.07) is 27.3. The van der Waals surface area contributed by atoms with Gasteiger partial charge in [-0.3, -0.25) is 4.90 Å². The Bertz CT molecular complexity index is 1340. The lowest BCUT2D eigenvalue weighted by Gasteiger charge is -2.33. The van der Waals surface area contributed by atoms with Crippen molar-refractivity contribution in [3.05, 3.63) is 108 Å². The summed E-state index contributed by atoms with van der Waals surface area (Å²) in [5.74, 6) is 0. The van der Waals surface area contributed by atoms with Gasteiger partial charge in [-0.2, -0.15) is 0 Å². The van der Waals surface area contributed by atoms with E-state index in [2.05, 4.69) is 5.32 Å². The first-order chi connectivity index (χ1) is 22.9. The van der Waals surface area contributed by atoms with E-state index in [9.17, 15) is 19.2 Å². The number of carbonyl (C=O) groups is 4.